The second-order valence-corrected chi connectivity index (χ2v) is 5.52. The number of rotatable bonds is 4. The normalized spacial score (nSPS) is 10.9. The molecule has 0 heterocycles. The Morgan fingerprint density at radius 3 is 2.42 bits per heavy atom. The summed E-state index contributed by atoms with van der Waals surface area (Å²) in [6.07, 6.45) is 0. The van der Waals surface area contributed by atoms with Crippen LogP contribution in [0.1, 0.15) is 11.1 Å². The van der Waals surface area contributed by atoms with E-state index in [1.165, 1.54) is 11.6 Å². The van der Waals surface area contributed by atoms with Gasteiger partial charge in [-0.05, 0) is 58.4 Å². The molecule has 2 N–H and O–H groups in total. The van der Waals surface area contributed by atoms with Crippen molar-refractivity contribution in [1.29, 1.82) is 0 Å². The van der Waals surface area contributed by atoms with E-state index in [1.807, 2.05) is 37.4 Å². The zero-order valence-electron chi connectivity index (χ0n) is 10.7. The minimum atomic E-state index is -0.234. The molecule has 0 aliphatic rings. The number of anilines is 1. The topological polar surface area (TPSA) is 29.3 Å². The van der Waals surface area contributed by atoms with Gasteiger partial charge in [-0.1, -0.05) is 18.2 Å². The molecule has 0 amide bonds. The van der Waals surface area contributed by atoms with Gasteiger partial charge in [0.25, 0.3) is 0 Å². The second-order valence-electron chi connectivity index (χ2n) is 4.67. The third kappa shape index (κ3) is 4.04. The van der Waals surface area contributed by atoms with Crippen molar-refractivity contribution < 1.29 is 4.39 Å². The maximum Gasteiger partial charge on any atom is 0.137 e. The van der Waals surface area contributed by atoms with Crippen LogP contribution < -0.4 is 5.73 Å². The molecule has 2 rings (SSSR count). The fourth-order valence-corrected chi connectivity index (χ4v) is 2.43. The Balaban J connectivity index is 2.01. The molecule has 0 aliphatic heterocycles. The van der Waals surface area contributed by atoms with Crippen LogP contribution in [0.3, 0.4) is 0 Å². The average molecular weight is 323 g/mol. The number of benzene rings is 2. The number of nitrogens with two attached hydrogens (primary N) is 1. The number of hydrogen-bond donors (Lipinski definition) is 1. The Hall–Kier alpha value is -1.39. The van der Waals surface area contributed by atoms with E-state index in [0.717, 1.165) is 24.3 Å². The lowest BCUT2D eigenvalue weighted by atomic mass is 10.1. The highest BCUT2D eigenvalue weighted by molar-refractivity contribution is 9.10. The van der Waals surface area contributed by atoms with E-state index in [-0.39, 0.29) is 5.82 Å². The third-order valence-corrected chi connectivity index (χ3v) is 3.45. The van der Waals surface area contributed by atoms with Gasteiger partial charge in [-0.15, -0.1) is 0 Å². The van der Waals surface area contributed by atoms with E-state index >= 15 is 0 Å². The van der Waals surface area contributed by atoms with E-state index in [4.69, 9.17) is 5.73 Å². The minimum absolute atomic E-state index is 0.234. The van der Waals surface area contributed by atoms with Crippen molar-refractivity contribution in [1.82, 2.24) is 4.90 Å². The van der Waals surface area contributed by atoms with Crippen molar-refractivity contribution in [2.75, 3.05) is 12.8 Å². The molecular weight excluding hydrogens is 307 g/mol. The van der Waals surface area contributed by atoms with Gasteiger partial charge in [-0.2, -0.15) is 0 Å². The Bertz CT molecular complexity index is 572. The summed E-state index contributed by atoms with van der Waals surface area (Å²) in [5.41, 5.74) is 8.77. The average Bonchev–Trinajstić information content (AvgIpc) is 2.34. The maximum atomic E-state index is 13.2. The number of nitrogens with zero attached hydrogens (tertiary/aromatic N) is 1. The van der Waals surface area contributed by atoms with Crippen molar-refractivity contribution in [3.8, 4) is 0 Å². The monoisotopic (exact) mass is 322 g/mol. The molecule has 0 saturated heterocycles. The Morgan fingerprint density at radius 2 is 1.79 bits per heavy atom. The van der Waals surface area contributed by atoms with Crippen LogP contribution in [0.15, 0.2) is 46.9 Å². The molecule has 0 radical (unpaired) electrons. The third-order valence-electron chi connectivity index (χ3n) is 2.84. The van der Waals surface area contributed by atoms with Crippen LogP contribution >= 0.6 is 15.9 Å². The van der Waals surface area contributed by atoms with E-state index < -0.39 is 0 Å². The van der Waals surface area contributed by atoms with E-state index in [0.29, 0.717) is 4.47 Å². The maximum absolute atomic E-state index is 13.2. The first kappa shape index (κ1) is 14.0. The van der Waals surface area contributed by atoms with Crippen LogP contribution in [0.25, 0.3) is 0 Å². The summed E-state index contributed by atoms with van der Waals surface area (Å²) >= 11 is 3.20. The first-order chi connectivity index (χ1) is 9.04. The van der Waals surface area contributed by atoms with Crippen molar-refractivity contribution in [3.63, 3.8) is 0 Å². The summed E-state index contributed by atoms with van der Waals surface area (Å²) in [4.78, 5) is 2.16. The molecule has 0 spiro atoms. The van der Waals surface area contributed by atoms with Crippen molar-refractivity contribution in [2.24, 2.45) is 0 Å². The Kier molecular flexibility index (Phi) is 4.56. The van der Waals surface area contributed by atoms with Gasteiger partial charge >= 0.3 is 0 Å². The van der Waals surface area contributed by atoms with Gasteiger partial charge in [0.15, 0.2) is 0 Å². The Labute approximate surface area is 121 Å². The van der Waals surface area contributed by atoms with Gasteiger partial charge in [0.1, 0.15) is 5.82 Å². The zero-order chi connectivity index (χ0) is 13.8. The van der Waals surface area contributed by atoms with Crippen LogP contribution in [0, 0.1) is 5.82 Å². The van der Waals surface area contributed by atoms with Crippen LogP contribution in [0.5, 0.6) is 0 Å². The van der Waals surface area contributed by atoms with Gasteiger partial charge in [0, 0.05) is 18.8 Å². The molecule has 0 saturated carbocycles. The van der Waals surface area contributed by atoms with Crippen LogP contribution in [-0.2, 0) is 13.1 Å². The highest BCUT2D eigenvalue weighted by Crippen LogP contribution is 2.18. The molecule has 0 aliphatic carbocycles. The van der Waals surface area contributed by atoms with Crippen LogP contribution in [0.2, 0.25) is 0 Å². The number of hydrogen-bond acceptors (Lipinski definition) is 2. The quantitative estimate of drug-likeness (QED) is 0.867. The summed E-state index contributed by atoms with van der Waals surface area (Å²) in [6.45, 7) is 1.56. The van der Waals surface area contributed by atoms with Gasteiger partial charge < -0.3 is 5.73 Å². The molecule has 100 valence electrons. The molecule has 2 nitrogen and oxygen atoms in total. The van der Waals surface area contributed by atoms with E-state index in [2.05, 4.69) is 20.8 Å². The van der Waals surface area contributed by atoms with Crippen molar-refractivity contribution >= 4 is 21.6 Å². The lowest BCUT2D eigenvalue weighted by molar-refractivity contribution is 0.319. The largest absolute Gasteiger partial charge is 0.399 e. The lowest BCUT2D eigenvalue weighted by Gasteiger charge is -2.17. The van der Waals surface area contributed by atoms with Gasteiger partial charge in [-0.25, -0.2) is 4.39 Å². The summed E-state index contributed by atoms with van der Waals surface area (Å²) in [7, 11) is 2.03. The number of nitrogen functional groups attached to an aromatic ring is 1. The molecule has 4 heteroatoms. The highest BCUT2D eigenvalue weighted by atomic mass is 79.9. The van der Waals surface area contributed by atoms with Crippen LogP contribution in [-0.4, -0.2) is 11.9 Å². The first-order valence-electron chi connectivity index (χ1n) is 6.01. The second kappa shape index (κ2) is 6.17. The molecule has 2 aromatic rings. The van der Waals surface area contributed by atoms with E-state index in [9.17, 15) is 4.39 Å². The van der Waals surface area contributed by atoms with Gasteiger partial charge in [-0.3, -0.25) is 4.90 Å². The van der Waals surface area contributed by atoms with Crippen molar-refractivity contribution in [2.45, 2.75) is 13.1 Å². The molecule has 0 fully saturated rings. The van der Waals surface area contributed by atoms with Crippen molar-refractivity contribution in [3.05, 3.63) is 63.9 Å². The smallest absolute Gasteiger partial charge is 0.137 e. The summed E-state index contributed by atoms with van der Waals surface area (Å²) in [6, 6.07) is 12.9. The van der Waals surface area contributed by atoms with Crippen LogP contribution in [0.4, 0.5) is 10.1 Å². The zero-order valence-corrected chi connectivity index (χ0v) is 12.3. The predicted molar refractivity (Wildman–Crippen MR) is 80.1 cm³/mol. The molecule has 2 aromatic carbocycles. The fourth-order valence-electron chi connectivity index (χ4n) is 2.01. The van der Waals surface area contributed by atoms with E-state index in [1.54, 1.807) is 6.07 Å². The molecule has 0 bridgehead atoms. The minimum Gasteiger partial charge on any atom is -0.399 e. The summed E-state index contributed by atoms with van der Waals surface area (Å²) in [5.74, 6) is -0.234. The standard InChI is InChI=1S/C15H16BrFN2/c1-19(9-11-3-2-4-13(18)7-11)10-12-5-6-15(17)14(16)8-12/h2-8H,9-10,18H2,1H3. The SMILES string of the molecule is CN(Cc1cccc(N)c1)Cc1ccc(F)c(Br)c1. The molecular formula is C15H16BrFN2. The highest BCUT2D eigenvalue weighted by Gasteiger charge is 2.05. The fraction of sp³-hybridized carbons (Fsp3) is 0.200. The molecule has 0 aromatic heterocycles. The number of halogens is 2. The predicted octanol–water partition coefficient (Wildman–Crippen LogP) is 3.80. The summed E-state index contributed by atoms with van der Waals surface area (Å²) < 4.78 is 13.7. The van der Waals surface area contributed by atoms with Gasteiger partial charge in [0.05, 0.1) is 4.47 Å². The summed E-state index contributed by atoms with van der Waals surface area (Å²) in [5, 5.41) is 0. The molecule has 19 heavy (non-hydrogen) atoms. The Morgan fingerprint density at radius 1 is 1.11 bits per heavy atom. The molecule has 0 atom stereocenters. The lowest BCUT2D eigenvalue weighted by Crippen LogP contribution is -2.17. The van der Waals surface area contributed by atoms with Gasteiger partial charge in [0.2, 0.25) is 0 Å². The first-order valence-corrected chi connectivity index (χ1v) is 6.81. The molecule has 0 unspecified atom stereocenters.